The Labute approximate surface area is 157 Å². The first-order valence-electron chi connectivity index (χ1n) is 8.61. The van der Waals surface area contributed by atoms with E-state index in [0.29, 0.717) is 17.1 Å². The lowest BCUT2D eigenvalue weighted by molar-refractivity contribution is 0.356. The molecule has 4 heteroatoms. The molecule has 1 heterocycles. The normalized spacial score (nSPS) is 10.7. The second kappa shape index (κ2) is 6.62. The Morgan fingerprint density at radius 1 is 0.815 bits per heavy atom. The molecule has 0 atom stereocenters. The van der Waals surface area contributed by atoms with Crippen molar-refractivity contribution in [2.45, 2.75) is 6.92 Å². The van der Waals surface area contributed by atoms with Crippen molar-refractivity contribution < 1.29 is 9.47 Å². The highest BCUT2D eigenvalue weighted by Gasteiger charge is 2.15. The second-order valence-electron chi connectivity index (χ2n) is 6.42. The first-order chi connectivity index (χ1) is 13.1. The highest BCUT2D eigenvalue weighted by Crippen LogP contribution is 2.39. The molecule has 0 radical (unpaired) electrons. The van der Waals surface area contributed by atoms with Gasteiger partial charge in [-0.1, -0.05) is 23.8 Å². The monoisotopic (exact) mass is 354 g/mol. The lowest BCUT2D eigenvalue weighted by Crippen LogP contribution is -1.95. The number of nitrogens with zero attached hydrogens (tertiary/aromatic N) is 2. The van der Waals surface area contributed by atoms with E-state index in [1.54, 1.807) is 14.2 Å². The van der Waals surface area contributed by atoms with E-state index in [1.165, 1.54) is 5.56 Å². The van der Waals surface area contributed by atoms with E-state index in [2.05, 4.69) is 25.1 Å². The van der Waals surface area contributed by atoms with E-state index in [0.717, 1.165) is 32.9 Å². The summed E-state index contributed by atoms with van der Waals surface area (Å²) in [5.41, 5.74) is 4.52. The Kier molecular flexibility index (Phi) is 4.13. The van der Waals surface area contributed by atoms with Crippen molar-refractivity contribution in [2.75, 3.05) is 14.2 Å². The van der Waals surface area contributed by atoms with Gasteiger partial charge >= 0.3 is 0 Å². The van der Waals surface area contributed by atoms with Gasteiger partial charge in [0, 0.05) is 16.3 Å². The topological polar surface area (TPSA) is 55.1 Å². The largest absolute Gasteiger partial charge is 0.493 e. The molecule has 132 valence electrons. The zero-order valence-electron chi connectivity index (χ0n) is 15.4. The van der Waals surface area contributed by atoms with Gasteiger partial charge in [0.1, 0.15) is 0 Å². The number of methoxy groups -OCH3 is 2. The summed E-state index contributed by atoms with van der Waals surface area (Å²) in [6, 6.07) is 19.8. The first-order valence-corrected chi connectivity index (χ1v) is 8.61. The van der Waals surface area contributed by atoms with E-state index in [-0.39, 0.29) is 0 Å². The van der Waals surface area contributed by atoms with E-state index >= 15 is 0 Å². The maximum absolute atomic E-state index is 9.07. The number of pyridine rings is 1. The van der Waals surface area contributed by atoms with Gasteiger partial charge in [0.2, 0.25) is 0 Å². The maximum atomic E-state index is 9.07. The summed E-state index contributed by atoms with van der Waals surface area (Å²) in [6.07, 6.45) is 0. The average molecular weight is 354 g/mol. The van der Waals surface area contributed by atoms with E-state index in [9.17, 15) is 0 Å². The molecular formula is C23H18N2O2. The van der Waals surface area contributed by atoms with Crippen molar-refractivity contribution in [2.24, 2.45) is 0 Å². The van der Waals surface area contributed by atoms with Gasteiger partial charge in [-0.3, -0.25) is 0 Å². The summed E-state index contributed by atoms with van der Waals surface area (Å²) in [7, 11) is 3.27. The van der Waals surface area contributed by atoms with Crippen LogP contribution in [0, 0.1) is 18.3 Å². The number of hydrogen-bond donors (Lipinski definition) is 0. The lowest BCUT2D eigenvalue weighted by atomic mass is 9.98. The summed E-state index contributed by atoms with van der Waals surface area (Å²) < 4.78 is 11.0. The fraction of sp³-hybridized carbons (Fsp3) is 0.130. The van der Waals surface area contributed by atoms with Crippen LogP contribution in [0.4, 0.5) is 0 Å². The summed E-state index contributed by atoms with van der Waals surface area (Å²) in [4.78, 5) is 4.92. The van der Waals surface area contributed by atoms with Gasteiger partial charge < -0.3 is 9.47 Å². The summed E-state index contributed by atoms with van der Waals surface area (Å²) in [5.74, 6) is 1.35. The van der Waals surface area contributed by atoms with Crippen molar-refractivity contribution in [3.63, 3.8) is 0 Å². The molecule has 4 rings (SSSR count). The highest BCUT2D eigenvalue weighted by atomic mass is 16.5. The van der Waals surface area contributed by atoms with Crippen LogP contribution in [0.2, 0.25) is 0 Å². The van der Waals surface area contributed by atoms with Crippen LogP contribution in [0.15, 0.2) is 54.6 Å². The van der Waals surface area contributed by atoms with Gasteiger partial charge in [0.05, 0.1) is 37.1 Å². The summed E-state index contributed by atoms with van der Waals surface area (Å²) in [5, 5.41) is 12.2. The minimum absolute atomic E-state index is 0.624. The SMILES string of the molecule is COc1cc2c(-c3ccc(C#N)cc3)nc3ccc(C)cc3c2cc1OC. The number of rotatable bonds is 3. The third kappa shape index (κ3) is 2.84. The molecular weight excluding hydrogens is 336 g/mol. The molecule has 0 bridgehead atoms. The molecule has 0 fully saturated rings. The van der Waals surface area contributed by atoms with E-state index in [4.69, 9.17) is 19.7 Å². The average Bonchev–Trinajstić information content (AvgIpc) is 2.72. The van der Waals surface area contributed by atoms with Gasteiger partial charge in [0.25, 0.3) is 0 Å². The molecule has 0 saturated carbocycles. The predicted octanol–water partition coefficient (Wildman–Crippen LogP) is 5.25. The van der Waals surface area contributed by atoms with Crippen LogP contribution >= 0.6 is 0 Å². The molecule has 0 amide bonds. The zero-order valence-corrected chi connectivity index (χ0v) is 15.4. The minimum atomic E-state index is 0.624. The van der Waals surface area contributed by atoms with Crippen LogP contribution in [-0.4, -0.2) is 19.2 Å². The zero-order chi connectivity index (χ0) is 19.0. The van der Waals surface area contributed by atoms with Crippen LogP contribution < -0.4 is 9.47 Å². The van der Waals surface area contributed by atoms with Crippen molar-refractivity contribution >= 4 is 21.7 Å². The number of hydrogen-bond acceptors (Lipinski definition) is 4. The Morgan fingerprint density at radius 3 is 2.11 bits per heavy atom. The molecule has 4 aromatic rings. The molecule has 0 N–H and O–H groups in total. The standard InChI is InChI=1S/C23H18N2O2/c1-14-4-9-20-18(10-14)17-11-21(26-2)22(27-3)12-19(17)23(25-20)16-7-5-15(13-24)6-8-16/h4-12H,1-3H3. The van der Waals surface area contributed by atoms with E-state index in [1.807, 2.05) is 42.5 Å². The molecule has 0 aliphatic heterocycles. The second-order valence-corrected chi connectivity index (χ2v) is 6.42. The summed E-state index contributed by atoms with van der Waals surface area (Å²) in [6.45, 7) is 2.07. The Balaban J connectivity index is 2.12. The third-order valence-electron chi connectivity index (χ3n) is 4.74. The van der Waals surface area contributed by atoms with Gasteiger partial charge in [-0.25, -0.2) is 4.98 Å². The van der Waals surface area contributed by atoms with Crippen LogP contribution in [0.25, 0.3) is 32.9 Å². The van der Waals surface area contributed by atoms with Crippen molar-refractivity contribution in [3.05, 3.63) is 65.7 Å². The van der Waals surface area contributed by atoms with Crippen LogP contribution in [-0.2, 0) is 0 Å². The number of fused-ring (bicyclic) bond motifs is 3. The lowest BCUT2D eigenvalue weighted by Gasteiger charge is -2.14. The van der Waals surface area contributed by atoms with Crippen LogP contribution in [0.1, 0.15) is 11.1 Å². The molecule has 3 aromatic carbocycles. The summed E-state index contributed by atoms with van der Waals surface area (Å²) >= 11 is 0. The first kappa shape index (κ1) is 16.9. The fourth-order valence-electron chi connectivity index (χ4n) is 3.36. The Hall–Kier alpha value is -3.58. The molecule has 1 aromatic heterocycles. The fourth-order valence-corrected chi connectivity index (χ4v) is 3.36. The van der Waals surface area contributed by atoms with Crippen molar-refractivity contribution in [1.29, 1.82) is 5.26 Å². The van der Waals surface area contributed by atoms with Crippen molar-refractivity contribution in [3.8, 4) is 28.8 Å². The van der Waals surface area contributed by atoms with Gasteiger partial charge in [-0.15, -0.1) is 0 Å². The van der Waals surface area contributed by atoms with Gasteiger partial charge in [-0.2, -0.15) is 5.26 Å². The molecule has 0 aliphatic carbocycles. The third-order valence-corrected chi connectivity index (χ3v) is 4.74. The minimum Gasteiger partial charge on any atom is -0.493 e. The van der Waals surface area contributed by atoms with Gasteiger partial charge in [-0.05, 0) is 48.7 Å². The molecule has 0 unspecified atom stereocenters. The molecule has 4 nitrogen and oxygen atoms in total. The Bertz CT molecular complexity index is 1210. The molecule has 0 spiro atoms. The van der Waals surface area contributed by atoms with E-state index < -0.39 is 0 Å². The Morgan fingerprint density at radius 2 is 1.48 bits per heavy atom. The molecule has 0 aliphatic rings. The number of nitriles is 1. The quantitative estimate of drug-likeness (QED) is 0.471. The predicted molar refractivity (Wildman–Crippen MR) is 107 cm³/mol. The van der Waals surface area contributed by atoms with Crippen LogP contribution in [0.3, 0.4) is 0 Å². The number of aryl methyl sites for hydroxylation is 1. The van der Waals surface area contributed by atoms with Crippen molar-refractivity contribution in [1.82, 2.24) is 4.98 Å². The molecule has 0 saturated heterocycles. The van der Waals surface area contributed by atoms with Crippen LogP contribution in [0.5, 0.6) is 11.5 Å². The number of aromatic nitrogens is 1. The molecule has 27 heavy (non-hydrogen) atoms. The highest BCUT2D eigenvalue weighted by molar-refractivity contribution is 6.12. The smallest absolute Gasteiger partial charge is 0.161 e. The maximum Gasteiger partial charge on any atom is 0.161 e. The van der Waals surface area contributed by atoms with Gasteiger partial charge in [0.15, 0.2) is 11.5 Å². The number of benzene rings is 3. The number of ether oxygens (including phenoxy) is 2.